The van der Waals surface area contributed by atoms with Gasteiger partial charge in [0.15, 0.2) is 0 Å². The van der Waals surface area contributed by atoms with Crippen molar-refractivity contribution in [2.75, 3.05) is 22.7 Å². The highest BCUT2D eigenvalue weighted by molar-refractivity contribution is 7.92. The summed E-state index contributed by atoms with van der Waals surface area (Å²) < 4.78 is 41.7. The van der Waals surface area contributed by atoms with Crippen molar-refractivity contribution in [3.8, 4) is 6.07 Å². The maximum Gasteiger partial charge on any atom is 0.262 e. The average molecular weight is 345 g/mol. The van der Waals surface area contributed by atoms with Gasteiger partial charge in [0, 0.05) is 13.1 Å². The number of anilines is 2. The second kappa shape index (κ2) is 6.49. The van der Waals surface area contributed by atoms with E-state index in [-0.39, 0.29) is 10.6 Å². The first-order valence-corrected chi connectivity index (χ1v) is 9.06. The minimum atomic E-state index is -3.94. The van der Waals surface area contributed by atoms with Crippen molar-refractivity contribution in [1.29, 1.82) is 5.26 Å². The number of halogens is 1. The van der Waals surface area contributed by atoms with Crippen molar-refractivity contribution in [2.45, 2.75) is 17.7 Å². The molecule has 7 heteroatoms. The molecule has 3 rings (SSSR count). The van der Waals surface area contributed by atoms with E-state index in [0.29, 0.717) is 11.3 Å². The van der Waals surface area contributed by atoms with E-state index in [1.54, 1.807) is 12.1 Å². The number of hydrogen-bond donors (Lipinski definition) is 1. The summed E-state index contributed by atoms with van der Waals surface area (Å²) in [7, 11) is -3.94. The van der Waals surface area contributed by atoms with Gasteiger partial charge in [-0.3, -0.25) is 4.72 Å². The van der Waals surface area contributed by atoms with Gasteiger partial charge in [-0.05, 0) is 49.2 Å². The summed E-state index contributed by atoms with van der Waals surface area (Å²) in [5.74, 6) is -0.614. The van der Waals surface area contributed by atoms with Crippen LogP contribution in [0.5, 0.6) is 0 Å². The Morgan fingerprint density at radius 1 is 1.08 bits per heavy atom. The molecule has 0 bridgehead atoms. The van der Waals surface area contributed by atoms with Gasteiger partial charge in [-0.2, -0.15) is 5.26 Å². The molecule has 0 saturated carbocycles. The average Bonchev–Trinajstić information content (AvgIpc) is 3.11. The molecule has 0 unspecified atom stereocenters. The summed E-state index contributed by atoms with van der Waals surface area (Å²) in [5, 5.41) is 8.79. The van der Waals surface area contributed by atoms with E-state index in [4.69, 9.17) is 5.26 Å². The van der Waals surface area contributed by atoms with Crippen LogP contribution in [-0.4, -0.2) is 21.5 Å². The second-order valence-electron chi connectivity index (χ2n) is 5.57. The molecule has 0 aliphatic carbocycles. The van der Waals surface area contributed by atoms with Gasteiger partial charge in [0.25, 0.3) is 10.0 Å². The molecule has 2 aromatic carbocycles. The fourth-order valence-electron chi connectivity index (χ4n) is 2.74. The Labute approximate surface area is 140 Å². The number of nitriles is 1. The molecule has 1 aliphatic heterocycles. The van der Waals surface area contributed by atoms with Crippen LogP contribution >= 0.6 is 0 Å². The van der Waals surface area contributed by atoms with Crippen LogP contribution in [0.25, 0.3) is 0 Å². The van der Waals surface area contributed by atoms with Crippen molar-refractivity contribution < 1.29 is 12.8 Å². The van der Waals surface area contributed by atoms with Gasteiger partial charge in [0.05, 0.1) is 22.2 Å². The topological polar surface area (TPSA) is 73.2 Å². The van der Waals surface area contributed by atoms with Crippen molar-refractivity contribution in [3.63, 3.8) is 0 Å². The van der Waals surface area contributed by atoms with Crippen molar-refractivity contribution >= 4 is 21.4 Å². The molecule has 1 saturated heterocycles. The molecule has 1 fully saturated rings. The van der Waals surface area contributed by atoms with Crippen molar-refractivity contribution in [2.24, 2.45) is 0 Å². The highest BCUT2D eigenvalue weighted by Gasteiger charge is 2.22. The third-order valence-electron chi connectivity index (χ3n) is 3.97. The van der Waals surface area contributed by atoms with Crippen LogP contribution in [0.4, 0.5) is 15.8 Å². The number of benzene rings is 2. The van der Waals surface area contributed by atoms with Gasteiger partial charge in [0.2, 0.25) is 0 Å². The summed E-state index contributed by atoms with van der Waals surface area (Å²) in [6.45, 7) is 1.55. The molecule has 1 heterocycles. The fraction of sp³-hybridized carbons (Fsp3) is 0.235. The SMILES string of the molecule is N#Cc1ccc(S(=O)(=O)Nc2c(F)cccc2N2CCCC2)cc1. The molecule has 0 aromatic heterocycles. The zero-order chi connectivity index (χ0) is 17.2. The summed E-state index contributed by atoms with van der Waals surface area (Å²) in [4.78, 5) is 1.96. The molecule has 1 aliphatic rings. The van der Waals surface area contributed by atoms with Crippen LogP contribution in [0.2, 0.25) is 0 Å². The van der Waals surface area contributed by atoms with Crippen LogP contribution in [0.1, 0.15) is 18.4 Å². The van der Waals surface area contributed by atoms with Crippen LogP contribution in [-0.2, 0) is 10.0 Å². The zero-order valence-electron chi connectivity index (χ0n) is 12.9. The number of sulfonamides is 1. The predicted octanol–water partition coefficient (Wildman–Crippen LogP) is 3.10. The summed E-state index contributed by atoms with van der Waals surface area (Å²) in [5.41, 5.74) is 0.867. The van der Waals surface area contributed by atoms with Gasteiger partial charge in [-0.25, -0.2) is 12.8 Å². The molecule has 24 heavy (non-hydrogen) atoms. The molecule has 0 radical (unpaired) electrons. The van der Waals surface area contributed by atoms with Crippen molar-refractivity contribution in [1.82, 2.24) is 0 Å². The van der Waals surface area contributed by atoms with Crippen LogP contribution < -0.4 is 9.62 Å². The summed E-state index contributed by atoms with van der Waals surface area (Å²) in [6.07, 6.45) is 2.00. The lowest BCUT2D eigenvalue weighted by Crippen LogP contribution is -2.22. The van der Waals surface area contributed by atoms with Gasteiger partial charge in [0.1, 0.15) is 11.5 Å². The number of nitrogens with one attached hydrogen (secondary N) is 1. The zero-order valence-corrected chi connectivity index (χ0v) is 13.7. The van der Waals surface area contributed by atoms with Crippen molar-refractivity contribution in [3.05, 3.63) is 53.8 Å². The van der Waals surface area contributed by atoms with Gasteiger partial charge in [-0.15, -0.1) is 0 Å². The third kappa shape index (κ3) is 3.19. The molecule has 5 nitrogen and oxygen atoms in total. The molecule has 0 amide bonds. The van der Waals surface area contributed by atoms with E-state index in [9.17, 15) is 12.8 Å². The first kappa shape index (κ1) is 16.3. The molecular formula is C17H16FN3O2S. The van der Waals surface area contributed by atoms with E-state index < -0.39 is 15.8 Å². The Bertz CT molecular complexity index is 883. The minimum absolute atomic E-state index is 0.0166. The van der Waals surface area contributed by atoms with E-state index in [0.717, 1.165) is 25.9 Å². The highest BCUT2D eigenvalue weighted by Crippen LogP contribution is 2.32. The highest BCUT2D eigenvalue weighted by atomic mass is 32.2. The van der Waals surface area contributed by atoms with E-state index in [2.05, 4.69) is 4.72 Å². The minimum Gasteiger partial charge on any atom is -0.370 e. The van der Waals surface area contributed by atoms with Gasteiger partial charge >= 0.3 is 0 Å². The lowest BCUT2D eigenvalue weighted by molar-refractivity contribution is 0.598. The molecule has 124 valence electrons. The van der Waals surface area contributed by atoms with E-state index in [1.807, 2.05) is 11.0 Å². The Morgan fingerprint density at radius 3 is 2.38 bits per heavy atom. The molecule has 0 spiro atoms. The third-order valence-corrected chi connectivity index (χ3v) is 5.33. The number of rotatable bonds is 4. The second-order valence-corrected chi connectivity index (χ2v) is 7.25. The lowest BCUT2D eigenvalue weighted by atomic mass is 10.2. The number of para-hydroxylation sites is 1. The number of hydrogen-bond acceptors (Lipinski definition) is 4. The maximum atomic E-state index is 14.3. The van der Waals surface area contributed by atoms with Crippen LogP contribution in [0, 0.1) is 17.1 Å². The Kier molecular flexibility index (Phi) is 4.40. The summed E-state index contributed by atoms with van der Waals surface area (Å²) >= 11 is 0. The predicted molar refractivity (Wildman–Crippen MR) is 89.8 cm³/mol. The van der Waals surface area contributed by atoms with E-state index in [1.165, 1.54) is 30.3 Å². The monoisotopic (exact) mass is 345 g/mol. The van der Waals surface area contributed by atoms with Gasteiger partial charge in [-0.1, -0.05) is 6.07 Å². The first-order chi connectivity index (χ1) is 11.5. The molecule has 2 aromatic rings. The van der Waals surface area contributed by atoms with Crippen LogP contribution in [0.3, 0.4) is 0 Å². The smallest absolute Gasteiger partial charge is 0.262 e. The molecule has 0 atom stereocenters. The Hall–Kier alpha value is -2.59. The Morgan fingerprint density at radius 2 is 1.75 bits per heavy atom. The maximum absolute atomic E-state index is 14.3. The fourth-order valence-corrected chi connectivity index (χ4v) is 3.82. The quantitative estimate of drug-likeness (QED) is 0.924. The normalized spacial score (nSPS) is 14.4. The first-order valence-electron chi connectivity index (χ1n) is 7.58. The largest absolute Gasteiger partial charge is 0.370 e. The standard InChI is InChI=1S/C17H16FN3O2S/c18-15-4-3-5-16(21-10-1-2-11-21)17(15)20-24(22,23)14-8-6-13(12-19)7-9-14/h3-9,20H,1-2,10-11H2. The molecule has 1 N–H and O–H groups in total. The molecular weight excluding hydrogens is 329 g/mol. The van der Waals surface area contributed by atoms with Crippen LogP contribution in [0.15, 0.2) is 47.4 Å². The Balaban J connectivity index is 1.96. The number of nitrogens with zero attached hydrogens (tertiary/aromatic N) is 2. The van der Waals surface area contributed by atoms with Gasteiger partial charge < -0.3 is 4.90 Å². The summed E-state index contributed by atoms with van der Waals surface area (Å²) in [6, 6.07) is 11.9. The van der Waals surface area contributed by atoms with E-state index >= 15 is 0 Å². The lowest BCUT2D eigenvalue weighted by Gasteiger charge is -2.22.